The lowest BCUT2D eigenvalue weighted by Gasteiger charge is -2.10. The Labute approximate surface area is 162 Å². The smallest absolute Gasteiger partial charge is 0.260 e. The molecule has 0 atom stereocenters. The molecule has 9 nitrogen and oxygen atoms in total. The summed E-state index contributed by atoms with van der Waals surface area (Å²) in [5, 5.41) is 9.46. The maximum atomic E-state index is 12.1. The molecule has 0 fully saturated rings. The zero-order chi connectivity index (χ0) is 19.9. The molecule has 2 N–H and O–H groups in total. The van der Waals surface area contributed by atoms with Gasteiger partial charge in [0, 0.05) is 25.0 Å². The highest BCUT2D eigenvalue weighted by molar-refractivity contribution is 6.03. The molecule has 0 saturated carbocycles. The quantitative estimate of drug-likeness (QED) is 0.611. The molecule has 0 bridgehead atoms. The number of hydrogen-bond acceptors (Lipinski definition) is 8. The third-order valence-corrected chi connectivity index (χ3v) is 3.93. The molecule has 0 saturated heterocycles. The Morgan fingerprint density at radius 3 is 2.50 bits per heavy atom. The van der Waals surface area contributed by atoms with E-state index in [9.17, 15) is 4.79 Å². The first kappa shape index (κ1) is 19.2. The molecule has 0 radical (unpaired) electrons. The fraction of sp³-hybridized carbons (Fsp3) is 0.263. The number of nitrogens with zero attached hydrogens (tertiary/aromatic N) is 3. The average Bonchev–Trinajstić information content (AvgIpc) is 3.12. The van der Waals surface area contributed by atoms with Gasteiger partial charge in [-0.05, 0) is 31.0 Å². The number of aromatic nitrogens is 3. The number of anilines is 2. The summed E-state index contributed by atoms with van der Waals surface area (Å²) in [6.07, 6.45) is 3.65. The number of amides is 1. The minimum atomic E-state index is -0.356. The van der Waals surface area contributed by atoms with E-state index in [1.807, 2.05) is 18.2 Å². The van der Waals surface area contributed by atoms with Gasteiger partial charge in [0.25, 0.3) is 5.91 Å². The van der Waals surface area contributed by atoms with Crippen LogP contribution in [0.5, 0.6) is 11.5 Å². The van der Waals surface area contributed by atoms with E-state index < -0.39 is 0 Å². The summed E-state index contributed by atoms with van der Waals surface area (Å²) in [6.45, 7) is 2.37. The molecular weight excluding hydrogens is 362 g/mol. The maximum Gasteiger partial charge on any atom is 0.260 e. The van der Waals surface area contributed by atoms with Crippen molar-refractivity contribution < 1.29 is 18.8 Å². The van der Waals surface area contributed by atoms with Crippen molar-refractivity contribution in [2.45, 2.75) is 13.3 Å². The molecule has 0 spiro atoms. The summed E-state index contributed by atoms with van der Waals surface area (Å²) in [5.74, 6) is 2.42. The van der Waals surface area contributed by atoms with Crippen molar-refractivity contribution in [3.8, 4) is 11.5 Å². The second-order valence-electron chi connectivity index (χ2n) is 5.94. The van der Waals surface area contributed by atoms with Gasteiger partial charge in [0.05, 0.1) is 19.8 Å². The Morgan fingerprint density at radius 1 is 1.11 bits per heavy atom. The highest BCUT2D eigenvalue weighted by Gasteiger charge is 2.10. The minimum absolute atomic E-state index is 0.325. The third kappa shape index (κ3) is 4.76. The van der Waals surface area contributed by atoms with Crippen molar-refractivity contribution in [2.24, 2.45) is 0 Å². The number of ether oxygens (including phenoxy) is 2. The largest absolute Gasteiger partial charge is 0.493 e. The van der Waals surface area contributed by atoms with Crippen LogP contribution >= 0.6 is 0 Å². The van der Waals surface area contributed by atoms with Crippen LogP contribution < -0.4 is 20.1 Å². The highest BCUT2D eigenvalue weighted by atomic mass is 16.5. The monoisotopic (exact) mass is 383 g/mol. The van der Waals surface area contributed by atoms with Crippen molar-refractivity contribution in [1.82, 2.24) is 15.1 Å². The second kappa shape index (κ2) is 8.85. The molecule has 3 rings (SSSR count). The number of benzene rings is 1. The van der Waals surface area contributed by atoms with Gasteiger partial charge in [-0.15, -0.1) is 0 Å². The van der Waals surface area contributed by atoms with Gasteiger partial charge < -0.3 is 24.6 Å². The van der Waals surface area contributed by atoms with Gasteiger partial charge in [0.15, 0.2) is 17.3 Å². The van der Waals surface area contributed by atoms with Gasteiger partial charge >= 0.3 is 0 Å². The number of carbonyl (C=O) groups is 1. The predicted molar refractivity (Wildman–Crippen MR) is 103 cm³/mol. The Bertz CT molecular complexity index is 940. The molecular formula is C19H21N5O4. The van der Waals surface area contributed by atoms with Crippen LogP contribution in [0, 0.1) is 6.92 Å². The molecule has 0 aliphatic heterocycles. The van der Waals surface area contributed by atoms with E-state index in [0.717, 1.165) is 12.0 Å². The average molecular weight is 383 g/mol. The van der Waals surface area contributed by atoms with Crippen molar-refractivity contribution in [2.75, 3.05) is 31.4 Å². The van der Waals surface area contributed by atoms with E-state index in [1.165, 1.54) is 12.4 Å². The summed E-state index contributed by atoms with van der Waals surface area (Å²) in [6, 6.07) is 7.40. The van der Waals surface area contributed by atoms with Crippen LogP contribution in [-0.2, 0) is 6.42 Å². The van der Waals surface area contributed by atoms with Crippen LogP contribution in [0.25, 0.3) is 0 Å². The molecule has 1 aromatic carbocycles. The van der Waals surface area contributed by atoms with Crippen molar-refractivity contribution >= 4 is 17.7 Å². The topological polar surface area (TPSA) is 111 Å². The molecule has 0 aliphatic rings. The zero-order valence-electron chi connectivity index (χ0n) is 15.9. The first-order valence-electron chi connectivity index (χ1n) is 8.60. The SMILES string of the molecule is COc1ccc(CCNc2ncc(C(=O)Nc3cc(C)on3)cn2)cc1OC. The number of rotatable bonds is 8. The Hall–Kier alpha value is -3.62. The van der Waals surface area contributed by atoms with Crippen LogP contribution in [-0.4, -0.2) is 41.8 Å². The summed E-state index contributed by atoms with van der Waals surface area (Å²) in [7, 11) is 3.21. The van der Waals surface area contributed by atoms with Crippen LogP contribution in [0.1, 0.15) is 21.7 Å². The molecule has 3 aromatic rings. The van der Waals surface area contributed by atoms with Crippen molar-refractivity contribution in [3.05, 3.63) is 53.5 Å². The van der Waals surface area contributed by atoms with Gasteiger partial charge in [0.1, 0.15) is 5.76 Å². The van der Waals surface area contributed by atoms with E-state index in [4.69, 9.17) is 14.0 Å². The van der Waals surface area contributed by atoms with Gasteiger partial charge in [-0.3, -0.25) is 4.79 Å². The lowest BCUT2D eigenvalue weighted by molar-refractivity contribution is 0.102. The van der Waals surface area contributed by atoms with Crippen molar-refractivity contribution in [3.63, 3.8) is 0 Å². The van der Waals surface area contributed by atoms with Gasteiger partial charge in [-0.25, -0.2) is 9.97 Å². The van der Waals surface area contributed by atoms with Crippen LogP contribution in [0.2, 0.25) is 0 Å². The number of carbonyl (C=O) groups excluding carboxylic acids is 1. The first-order valence-corrected chi connectivity index (χ1v) is 8.60. The van der Waals surface area contributed by atoms with Crippen molar-refractivity contribution in [1.29, 1.82) is 0 Å². The minimum Gasteiger partial charge on any atom is -0.493 e. The highest BCUT2D eigenvalue weighted by Crippen LogP contribution is 2.27. The van der Waals surface area contributed by atoms with Gasteiger partial charge in [0.2, 0.25) is 5.95 Å². The fourth-order valence-corrected chi connectivity index (χ4v) is 2.51. The summed E-state index contributed by atoms with van der Waals surface area (Å²) < 4.78 is 15.4. The molecule has 9 heteroatoms. The summed E-state index contributed by atoms with van der Waals surface area (Å²) >= 11 is 0. The number of aryl methyl sites for hydroxylation is 1. The first-order chi connectivity index (χ1) is 13.6. The third-order valence-electron chi connectivity index (χ3n) is 3.93. The summed E-state index contributed by atoms with van der Waals surface area (Å²) in [4.78, 5) is 20.5. The van der Waals surface area contributed by atoms with Crippen LogP contribution in [0.3, 0.4) is 0 Å². The molecule has 2 aromatic heterocycles. The van der Waals surface area contributed by atoms with E-state index in [2.05, 4.69) is 25.8 Å². The maximum absolute atomic E-state index is 12.1. The molecule has 28 heavy (non-hydrogen) atoms. The molecule has 146 valence electrons. The molecule has 0 aliphatic carbocycles. The Kier molecular flexibility index (Phi) is 6.05. The van der Waals surface area contributed by atoms with E-state index in [1.54, 1.807) is 27.2 Å². The molecule has 2 heterocycles. The summed E-state index contributed by atoms with van der Waals surface area (Å²) in [5.41, 5.74) is 1.41. The van der Waals surface area contributed by atoms with Gasteiger partial charge in [-0.2, -0.15) is 0 Å². The standard InChI is InChI=1S/C19H21N5O4/c1-12-8-17(24-28-12)23-18(25)14-10-21-19(22-11-14)20-7-6-13-4-5-15(26-2)16(9-13)27-3/h4-5,8-11H,6-7H2,1-3H3,(H,20,21,22)(H,23,24,25). The van der Waals surface area contributed by atoms with Crippen LogP contribution in [0.15, 0.2) is 41.2 Å². The molecule has 1 amide bonds. The van der Waals surface area contributed by atoms with Gasteiger partial charge in [-0.1, -0.05) is 11.2 Å². The lowest BCUT2D eigenvalue weighted by atomic mass is 10.1. The van der Waals surface area contributed by atoms with Crippen LogP contribution in [0.4, 0.5) is 11.8 Å². The van der Waals surface area contributed by atoms with E-state index >= 15 is 0 Å². The molecule has 0 unspecified atom stereocenters. The normalized spacial score (nSPS) is 10.4. The number of hydrogen-bond donors (Lipinski definition) is 2. The second-order valence-corrected chi connectivity index (χ2v) is 5.94. The Balaban J connectivity index is 1.52. The lowest BCUT2D eigenvalue weighted by Crippen LogP contribution is -2.14. The predicted octanol–water partition coefficient (Wildman–Crippen LogP) is 2.70. The zero-order valence-corrected chi connectivity index (χ0v) is 15.9. The Morgan fingerprint density at radius 2 is 1.86 bits per heavy atom. The number of methoxy groups -OCH3 is 2. The van der Waals surface area contributed by atoms with E-state index in [0.29, 0.717) is 41.1 Å². The fourth-order valence-electron chi connectivity index (χ4n) is 2.51. The van der Waals surface area contributed by atoms with E-state index in [-0.39, 0.29) is 5.91 Å². The number of nitrogens with one attached hydrogen (secondary N) is 2.